The summed E-state index contributed by atoms with van der Waals surface area (Å²) in [6, 6.07) is 3.34. The van der Waals surface area contributed by atoms with Crippen molar-refractivity contribution >= 4 is 0 Å². The van der Waals surface area contributed by atoms with E-state index >= 15 is 0 Å². The molecule has 1 saturated carbocycles. The predicted molar refractivity (Wildman–Crippen MR) is 84.9 cm³/mol. The van der Waals surface area contributed by atoms with Gasteiger partial charge in [-0.05, 0) is 64.5 Å². The molecule has 2 rings (SSSR count). The Kier molecular flexibility index (Phi) is 5.64. The van der Waals surface area contributed by atoms with Crippen molar-refractivity contribution in [3.05, 3.63) is 18.0 Å². The van der Waals surface area contributed by atoms with Gasteiger partial charge in [0.25, 0.3) is 0 Å². The van der Waals surface area contributed by atoms with E-state index in [9.17, 15) is 0 Å². The summed E-state index contributed by atoms with van der Waals surface area (Å²) in [6.07, 6.45) is 10.1. The molecule has 3 nitrogen and oxygen atoms in total. The van der Waals surface area contributed by atoms with Crippen molar-refractivity contribution in [3.8, 4) is 0 Å². The highest BCUT2D eigenvalue weighted by molar-refractivity contribution is 5.03. The average molecular weight is 277 g/mol. The van der Waals surface area contributed by atoms with Crippen LogP contribution in [0.25, 0.3) is 0 Å². The Labute approximate surface area is 124 Å². The first-order valence-electron chi connectivity index (χ1n) is 8.35. The Bertz CT molecular complexity index is 397. The Balaban J connectivity index is 1.99. The fourth-order valence-electron chi connectivity index (χ4n) is 3.68. The first-order chi connectivity index (χ1) is 9.63. The van der Waals surface area contributed by atoms with Gasteiger partial charge in [0.15, 0.2) is 0 Å². The number of nitrogens with zero attached hydrogens (tertiary/aromatic N) is 2. The van der Waals surface area contributed by atoms with Crippen LogP contribution < -0.4 is 5.32 Å². The molecule has 3 atom stereocenters. The largest absolute Gasteiger partial charge is 0.317 e. The smallest absolute Gasteiger partial charge is 0.0628 e. The zero-order valence-corrected chi connectivity index (χ0v) is 13.6. The quantitative estimate of drug-likeness (QED) is 0.857. The van der Waals surface area contributed by atoms with Crippen LogP contribution >= 0.6 is 0 Å². The zero-order valence-electron chi connectivity index (χ0n) is 13.6. The third kappa shape index (κ3) is 3.85. The van der Waals surface area contributed by atoms with Crippen LogP contribution in [0.3, 0.4) is 0 Å². The van der Waals surface area contributed by atoms with E-state index in [1.807, 2.05) is 0 Å². The van der Waals surface area contributed by atoms with Gasteiger partial charge >= 0.3 is 0 Å². The number of rotatable bonds is 6. The summed E-state index contributed by atoms with van der Waals surface area (Å²) in [5.74, 6) is 1.68. The molecule has 1 aromatic heterocycles. The molecule has 1 N–H and O–H groups in total. The van der Waals surface area contributed by atoms with E-state index in [-0.39, 0.29) is 0 Å². The summed E-state index contributed by atoms with van der Waals surface area (Å²) < 4.78 is 2.08. The first kappa shape index (κ1) is 15.6. The Hall–Kier alpha value is -0.830. The van der Waals surface area contributed by atoms with E-state index in [2.05, 4.69) is 50.1 Å². The second-order valence-corrected chi connectivity index (χ2v) is 6.71. The van der Waals surface area contributed by atoms with Crippen molar-refractivity contribution in [3.63, 3.8) is 0 Å². The van der Waals surface area contributed by atoms with Gasteiger partial charge in [-0.25, -0.2) is 0 Å². The average Bonchev–Trinajstić information content (AvgIpc) is 2.88. The Morgan fingerprint density at radius 3 is 2.80 bits per heavy atom. The van der Waals surface area contributed by atoms with Gasteiger partial charge in [-0.15, -0.1) is 0 Å². The highest BCUT2D eigenvalue weighted by atomic mass is 15.3. The predicted octanol–water partition coefficient (Wildman–Crippen LogP) is 3.81. The van der Waals surface area contributed by atoms with Gasteiger partial charge in [0.05, 0.1) is 5.69 Å². The molecule has 0 spiro atoms. The third-order valence-electron chi connectivity index (χ3n) is 4.82. The summed E-state index contributed by atoms with van der Waals surface area (Å²) in [5, 5.41) is 8.26. The third-order valence-corrected chi connectivity index (χ3v) is 4.82. The van der Waals surface area contributed by atoms with Crippen LogP contribution in [0.15, 0.2) is 12.3 Å². The van der Waals surface area contributed by atoms with Crippen LogP contribution in [0, 0.1) is 11.8 Å². The molecule has 20 heavy (non-hydrogen) atoms. The Morgan fingerprint density at radius 2 is 2.20 bits per heavy atom. The molecule has 3 unspecified atom stereocenters. The zero-order chi connectivity index (χ0) is 14.5. The number of hydrogen-bond acceptors (Lipinski definition) is 2. The molecule has 3 heteroatoms. The van der Waals surface area contributed by atoms with Crippen LogP contribution in [-0.2, 0) is 6.42 Å². The topological polar surface area (TPSA) is 29.9 Å². The van der Waals surface area contributed by atoms with E-state index in [0.717, 1.165) is 18.3 Å². The lowest BCUT2D eigenvalue weighted by atomic mass is 9.74. The lowest BCUT2D eigenvalue weighted by Gasteiger charge is -2.36. The van der Waals surface area contributed by atoms with Crippen molar-refractivity contribution in [1.29, 1.82) is 0 Å². The summed E-state index contributed by atoms with van der Waals surface area (Å²) in [5.41, 5.74) is 1.26. The summed E-state index contributed by atoms with van der Waals surface area (Å²) in [4.78, 5) is 0. The molecule has 1 aliphatic carbocycles. The maximum absolute atomic E-state index is 4.73. The molecule has 0 aliphatic heterocycles. The van der Waals surface area contributed by atoms with Crippen molar-refractivity contribution < 1.29 is 0 Å². The molecule has 1 aliphatic rings. The van der Waals surface area contributed by atoms with Crippen LogP contribution in [-0.4, -0.2) is 22.9 Å². The molecule has 114 valence electrons. The molecular weight excluding hydrogens is 246 g/mol. The van der Waals surface area contributed by atoms with E-state index in [0.29, 0.717) is 12.1 Å². The lowest BCUT2D eigenvalue weighted by molar-refractivity contribution is 0.199. The van der Waals surface area contributed by atoms with Gasteiger partial charge in [-0.3, -0.25) is 4.68 Å². The van der Waals surface area contributed by atoms with Crippen LogP contribution in [0.1, 0.15) is 64.6 Å². The minimum Gasteiger partial charge on any atom is -0.317 e. The maximum Gasteiger partial charge on any atom is 0.0628 e. The van der Waals surface area contributed by atoms with Crippen LogP contribution in [0.4, 0.5) is 0 Å². The van der Waals surface area contributed by atoms with E-state index in [1.165, 1.54) is 37.8 Å². The van der Waals surface area contributed by atoms with Gasteiger partial charge in [-0.1, -0.05) is 19.8 Å². The summed E-state index contributed by atoms with van der Waals surface area (Å²) >= 11 is 0. The minimum absolute atomic E-state index is 0.461. The van der Waals surface area contributed by atoms with Crippen molar-refractivity contribution in [2.24, 2.45) is 11.8 Å². The molecule has 1 heterocycles. The van der Waals surface area contributed by atoms with Crippen LogP contribution in [0.2, 0.25) is 0 Å². The van der Waals surface area contributed by atoms with Gasteiger partial charge in [0.2, 0.25) is 0 Å². The normalized spacial score (nSPS) is 27.1. The molecule has 0 aromatic carbocycles. The molecule has 0 amide bonds. The second kappa shape index (κ2) is 7.26. The fraction of sp³-hybridized carbons (Fsp3) is 0.824. The van der Waals surface area contributed by atoms with Crippen molar-refractivity contribution in [2.75, 3.05) is 7.05 Å². The Morgan fingerprint density at radius 1 is 1.40 bits per heavy atom. The molecule has 1 aromatic rings. The van der Waals surface area contributed by atoms with Gasteiger partial charge in [0.1, 0.15) is 0 Å². The molecule has 1 fully saturated rings. The van der Waals surface area contributed by atoms with Gasteiger partial charge < -0.3 is 5.32 Å². The molecule has 0 saturated heterocycles. The number of hydrogen-bond donors (Lipinski definition) is 1. The summed E-state index contributed by atoms with van der Waals surface area (Å²) in [7, 11) is 2.12. The van der Waals surface area contributed by atoms with Gasteiger partial charge in [-0.2, -0.15) is 5.10 Å². The minimum atomic E-state index is 0.461. The molecule has 0 bridgehead atoms. The maximum atomic E-state index is 4.73. The number of aromatic nitrogens is 2. The standard InChI is InChI=1S/C17H31N3/c1-5-6-14-7-8-17(18-4)15(11-14)12-16-9-10-20(19-16)13(2)3/h9-10,13-15,17-18H,5-8,11-12H2,1-4H3. The summed E-state index contributed by atoms with van der Waals surface area (Å²) in [6.45, 7) is 6.68. The molecular formula is C17H31N3. The SMILES string of the molecule is CCCC1CCC(NC)C(Cc2ccn(C(C)C)n2)C1. The van der Waals surface area contributed by atoms with Crippen LogP contribution in [0.5, 0.6) is 0 Å². The lowest BCUT2D eigenvalue weighted by Crippen LogP contribution is -2.39. The van der Waals surface area contributed by atoms with Crippen molar-refractivity contribution in [1.82, 2.24) is 15.1 Å². The van der Waals surface area contributed by atoms with Crippen molar-refractivity contribution in [2.45, 2.75) is 71.4 Å². The fourth-order valence-corrected chi connectivity index (χ4v) is 3.68. The highest BCUT2D eigenvalue weighted by Crippen LogP contribution is 2.33. The molecule has 0 radical (unpaired) electrons. The first-order valence-corrected chi connectivity index (χ1v) is 8.35. The monoisotopic (exact) mass is 277 g/mol. The highest BCUT2D eigenvalue weighted by Gasteiger charge is 2.29. The van der Waals surface area contributed by atoms with Gasteiger partial charge in [0, 0.05) is 18.3 Å². The van der Waals surface area contributed by atoms with E-state index in [1.54, 1.807) is 0 Å². The number of nitrogens with one attached hydrogen (secondary N) is 1. The second-order valence-electron chi connectivity index (χ2n) is 6.71. The van der Waals surface area contributed by atoms with E-state index in [4.69, 9.17) is 5.10 Å². The van der Waals surface area contributed by atoms with E-state index < -0.39 is 0 Å².